The Kier molecular flexibility index (Phi) is 5.14. The van der Waals surface area contributed by atoms with Gasteiger partial charge in [-0.3, -0.25) is 0 Å². The van der Waals surface area contributed by atoms with Crippen LogP contribution in [0.1, 0.15) is 17.0 Å². The molecule has 0 saturated heterocycles. The van der Waals surface area contributed by atoms with E-state index in [1.165, 1.54) is 5.56 Å². The van der Waals surface area contributed by atoms with Crippen LogP contribution in [0.2, 0.25) is 0 Å². The number of hydrogen-bond donors (Lipinski definition) is 2. The highest BCUT2D eigenvalue weighted by molar-refractivity contribution is 7.89. The highest BCUT2D eigenvalue weighted by Crippen LogP contribution is 2.34. The Morgan fingerprint density at radius 3 is 2.69 bits per heavy atom. The monoisotopic (exact) mass is 411 g/mol. The minimum atomic E-state index is -3.58. The molecule has 8 heteroatoms. The number of rotatable bonds is 7. The summed E-state index contributed by atoms with van der Waals surface area (Å²) in [5.74, 6) is 2.14. The van der Waals surface area contributed by atoms with Crippen LogP contribution in [0.4, 0.5) is 11.6 Å². The number of sulfonamides is 1. The summed E-state index contributed by atoms with van der Waals surface area (Å²) in [6.45, 7) is 2.52. The fourth-order valence-corrected chi connectivity index (χ4v) is 5.11. The number of benzene rings is 2. The van der Waals surface area contributed by atoms with Crippen LogP contribution in [-0.2, 0) is 22.9 Å². The van der Waals surface area contributed by atoms with Crippen molar-refractivity contribution in [3.63, 3.8) is 0 Å². The number of nitrogens with zero attached hydrogens (tertiary/aromatic N) is 3. The first kappa shape index (κ1) is 19.6. The molecule has 0 amide bonds. The van der Waals surface area contributed by atoms with E-state index in [2.05, 4.69) is 26.1 Å². The summed E-state index contributed by atoms with van der Waals surface area (Å²) in [6.07, 6.45) is 1.65. The lowest BCUT2D eigenvalue weighted by Crippen LogP contribution is -2.29. The lowest BCUT2D eigenvalue weighted by atomic mass is 10.1. The van der Waals surface area contributed by atoms with E-state index in [9.17, 15) is 8.42 Å². The van der Waals surface area contributed by atoms with Gasteiger partial charge in [-0.2, -0.15) is 0 Å². The Labute approximate surface area is 171 Å². The van der Waals surface area contributed by atoms with Crippen molar-refractivity contribution in [3.05, 3.63) is 53.3 Å². The summed E-state index contributed by atoms with van der Waals surface area (Å²) in [5.41, 5.74) is 2.16. The summed E-state index contributed by atoms with van der Waals surface area (Å²) in [4.78, 5) is 11.0. The number of nitrogens with one attached hydrogen (secondary N) is 2. The highest BCUT2D eigenvalue weighted by atomic mass is 32.2. The van der Waals surface area contributed by atoms with Gasteiger partial charge in [0.25, 0.3) is 0 Å². The number of aryl methyl sites for hydroxylation is 3. The van der Waals surface area contributed by atoms with Crippen LogP contribution >= 0.6 is 0 Å². The first-order valence-electron chi connectivity index (χ1n) is 9.65. The summed E-state index contributed by atoms with van der Waals surface area (Å²) < 4.78 is 28.5. The Balaban J connectivity index is 1.45. The van der Waals surface area contributed by atoms with Gasteiger partial charge < -0.3 is 10.2 Å². The number of hydrogen-bond acceptors (Lipinski definition) is 6. The van der Waals surface area contributed by atoms with Crippen molar-refractivity contribution in [1.29, 1.82) is 0 Å². The van der Waals surface area contributed by atoms with Crippen LogP contribution in [0.3, 0.4) is 0 Å². The van der Waals surface area contributed by atoms with Gasteiger partial charge in [-0.1, -0.05) is 24.3 Å². The largest absolute Gasteiger partial charge is 0.369 e. The summed E-state index contributed by atoms with van der Waals surface area (Å²) >= 11 is 0. The molecule has 2 N–H and O–H groups in total. The first-order chi connectivity index (χ1) is 13.8. The molecule has 0 spiro atoms. The van der Waals surface area contributed by atoms with Gasteiger partial charge in [0.1, 0.15) is 17.5 Å². The minimum absolute atomic E-state index is 0.266. The average molecular weight is 412 g/mol. The van der Waals surface area contributed by atoms with Gasteiger partial charge in [-0.15, -0.1) is 0 Å². The van der Waals surface area contributed by atoms with Gasteiger partial charge in [0.2, 0.25) is 10.0 Å². The molecule has 1 aromatic heterocycles. The molecule has 0 saturated carbocycles. The molecule has 2 aromatic carbocycles. The Morgan fingerprint density at radius 1 is 1.07 bits per heavy atom. The molecule has 7 nitrogen and oxygen atoms in total. The Bertz CT molecular complexity index is 1180. The standard InChI is InChI=1S/C21H25N5O2S/c1-14-24-19(13-20(25-14)26(2)3)22-11-12-23-29(27,28)18-10-8-16-6-4-5-15-7-9-17(18)21(15)16/h4-6,8,10,13,23H,7,9,11-12H2,1-3H3,(H,22,24,25). The lowest BCUT2D eigenvalue weighted by molar-refractivity contribution is 0.582. The van der Waals surface area contributed by atoms with E-state index in [1.54, 1.807) is 6.07 Å². The van der Waals surface area contributed by atoms with Crippen LogP contribution in [0.5, 0.6) is 0 Å². The van der Waals surface area contributed by atoms with Crippen molar-refractivity contribution in [1.82, 2.24) is 14.7 Å². The fourth-order valence-electron chi connectivity index (χ4n) is 3.81. The normalized spacial score (nSPS) is 13.1. The van der Waals surface area contributed by atoms with Crippen molar-refractivity contribution in [2.45, 2.75) is 24.7 Å². The van der Waals surface area contributed by atoms with Crippen molar-refractivity contribution in [3.8, 4) is 0 Å². The van der Waals surface area contributed by atoms with E-state index in [4.69, 9.17) is 0 Å². The van der Waals surface area contributed by atoms with E-state index in [0.717, 1.165) is 35.0 Å². The molecule has 29 heavy (non-hydrogen) atoms. The molecule has 152 valence electrons. The number of anilines is 2. The van der Waals surface area contributed by atoms with Crippen molar-refractivity contribution < 1.29 is 8.42 Å². The van der Waals surface area contributed by atoms with Crippen LogP contribution in [-0.4, -0.2) is 45.6 Å². The smallest absolute Gasteiger partial charge is 0.240 e. The molecular formula is C21H25N5O2S. The predicted octanol–water partition coefficient (Wildman–Crippen LogP) is 2.49. The second kappa shape index (κ2) is 7.61. The van der Waals surface area contributed by atoms with E-state index >= 15 is 0 Å². The molecule has 0 unspecified atom stereocenters. The van der Waals surface area contributed by atoms with Crippen LogP contribution in [0, 0.1) is 6.92 Å². The maximum absolute atomic E-state index is 12.9. The maximum Gasteiger partial charge on any atom is 0.240 e. The van der Waals surface area contributed by atoms with Gasteiger partial charge in [0.05, 0.1) is 4.90 Å². The van der Waals surface area contributed by atoms with Crippen molar-refractivity contribution >= 4 is 32.4 Å². The minimum Gasteiger partial charge on any atom is -0.369 e. The van der Waals surface area contributed by atoms with Crippen molar-refractivity contribution in [2.24, 2.45) is 0 Å². The SMILES string of the molecule is Cc1nc(NCCNS(=O)(=O)c2ccc3cccc4c3c2CC4)cc(N(C)C)n1. The molecule has 0 radical (unpaired) electrons. The second-order valence-electron chi connectivity index (χ2n) is 7.44. The predicted molar refractivity (Wildman–Crippen MR) is 116 cm³/mol. The summed E-state index contributed by atoms with van der Waals surface area (Å²) in [6, 6.07) is 11.6. The molecule has 0 bridgehead atoms. The molecule has 3 aromatic rings. The van der Waals surface area contributed by atoms with E-state index in [-0.39, 0.29) is 6.54 Å². The zero-order chi connectivity index (χ0) is 20.6. The van der Waals surface area contributed by atoms with E-state index < -0.39 is 10.0 Å². The lowest BCUT2D eigenvalue weighted by Gasteiger charge is -2.14. The molecule has 0 atom stereocenters. The third-order valence-electron chi connectivity index (χ3n) is 5.14. The first-order valence-corrected chi connectivity index (χ1v) is 11.1. The van der Waals surface area contributed by atoms with Crippen LogP contribution in [0.25, 0.3) is 10.8 Å². The van der Waals surface area contributed by atoms with E-state index in [0.29, 0.717) is 23.1 Å². The quantitative estimate of drug-likeness (QED) is 0.581. The van der Waals surface area contributed by atoms with Gasteiger partial charge in [-0.05, 0) is 47.7 Å². The molecule has 4 rings (SSSR count). The molecule has 0 fully saturated rings. The second-order valence-corrected chi connectivity index (χ2v) is 9.17. The average Bonchev–Trinajstić information content (AvgIpc) is 3.11. The van der Waals surface area contributed by atoms with Crippen molar-refractivity contribution in [2.75, 3.05) is 37.4 Å². The van der Waals surface area contributed by atoms with Gasteiger partial charge in [-0.25, -0.2) is 23.1 Å². The maximum atomic E-state index is 12.9. The summed E-state index contributed by atoms with van der Waals surface area (Å²) in [7, 11) is 0.255. The highest BCUT2D eigenvalue weighted by Gasteiger charge is 2.24. The zero-order valence-electron chi connectivity index (χ0n) is 16.9. The molecule has 0 aliphatic heterocycles. The third kappa shape index (κ3) is 3.90. The van der Waals surface area contributed by atoms with Gasteiger partial charge >= 0.3 is 0 Å². The van der Waals surface area contributed by atoms with Crippen LogP contribution in [0.15, 0.2) is 41.3 Å². The van der Waals surface area contributed by atoms with E-state index in [1.807, 2.05) is 50.2 Å². The molecule has 1 aliphatic rings. The molecule has 1 heterocycles. The summed E-state index contributed by atoms with van der Waals surface area (Å²) in [5, 5.41) is 5.37. The Morgan fingerprint density at radius 2 is 1.90 bits per heavy atom. The Hall–Kier alpha value is -2.71. The zero-order valence-corrected chi connectivity index (χ0v) is 17.7. The molecular weight excluding hydrogens is 386 g/mol. The number of aromatic nitrogens is 2. The third-order valence-corrected chi connectivity index (χ3v) is 6.68. The van der Waals surface area contributed by atoms with Crippen LogP contribution < -0.4 is 14.9 Å². The van der Waals surface area contributed by atoms with Gasteiger partial charge in [0, 0.05) is 33.3 Å². The van der Waals surface area contributed by atoms with Gasteiger partial charge in [0.15, 0.2) is 0 Å². The topological polar surface area (TPSA) is 87.2 Å². The fraction of sp³-hybridized carbons (Fsp3) is 0.333. The molecule has 1 aliphatic carbocycles.